The van der Waals surface area contributed by atoms with Crippen molar-refractivity contribution in [2.24, 2.45) is 0 Å². The summed E-state index contributed by atoms with van der Waals surface area (Å²) in [5, 5.41) is 0. The van der Waals surface area contributed by atoms with Gasteiger partial charge in [-0.05, 0) is 24.6 Å². The molecule has 2 nitrogen and oxygen atoms in total. The molecular weight excluding hydrogens is 222 g/mol. The first-order chi connectivity index (χ1) is 8.70. The van der Waals surface area contributed by atoms with E-state index in [4.69, 9.17) is 0 Å². The first-order valence-corrected chi connectivity index (χ1v) is 6.03. The van der Waals surface area contributed by atoms with Crippen LogP contribution in [0.5, 0.6) is 0 Å². The van der Waals surface area contributed by atoms with E-state index in [1.54, 1.807) is 6.92 Å². The summed E-state index contributed by atoms with van der Waals surface area (Å²) in [5.74, 6) is 0.146. The standard InChI is InChI=1S/C16H17NO/c1-13(18)16(14-9-5-3-6-10-14)17(2)15-11-7-4-8-12-15/h3-12,16H,1-2H3. The third kappa shape index (κ3) is 2.59. The topological polar surface area (TPSA) is 20.3 Å². The molecule has 0 saturated carbocycles. The number of nitrogens with zero attached hydrogens (tertiary/aromatic N) is 1. The van der Waals surface area contributed by atoms with Gasteiger partial charge in [0.15, 0.2) is 5.78 Å². The lowest BCUT2D eigenvalue weighted by Crippen LogP contribution is -2.29. The van der Waals surface area contributed by atoms with Crippen molar-refractivity contribution in [3.05, 3.63) is 66.2 Å². The molecule has 2 aromatic rings. The van der Waals surface area contributed by atoms with E-state index in [9.17, 15) is 4.79 Å². The molecule has 1 atom stereocenters. The summed E-state index contributed by atoms with van der Waals surface area (Å²) in [6.45, 7) is 1.64. The summed E-state index contributed by atoms with van der Waals surface area (Å²) in [4.78, 5) is 13.9. The number of carbonyl (C=O) groups excluding carboxylic acids is 1. The summed E-state index contributed by atoms with van der Waals surface area (Å²) in [5.41, 5.74) is 2.07. The number of hydrogen-bond acceptors (Lipinski definition) is 2. The van der Waals surface area contributed by atoms with E-state index in [2.05, 4.69) is 0 Å². The van der Waals surface area contributed by atoms with Crippen LogP contribution in [0.4, 0.5) is 5.69 Å². The van der Waals surface area contributed by atoms with E-state index in [1.165, 1.54) is 0 Å². The Labute approximate surface area is 108 Å². The Morgan fingerprint density at radius 2 is 1.44 bits per heavy atom. The van der Waals surface area contributed by atoms with Crippen LogP contribution in [0.3, 0.4) is 0 Å². The van der Waals surface area contributed by atoms with Crippen LogP contribution < -0.4 is 4.90 Å². The van der Waals surface area contributed by atoms with Gasteiger partial charge in [0.25, 0.3) is 0 Å². The SMILES string of the molecule is CC(=O)C(c1ccccc1)N(C)c1ccccc1. The van der Waals surface area contributed by atoms with Crippen LogP contribution in [-0.2, 0) is 4.79 Å². The van der Waals surface area contributed by atoms with Crippen molar-refractivity contribution < 1.29 is 4.79 Å². The van der Waals surface area contributed by atoms with Gasteiger partial charge in [-0.3, -0.25) is 4.79 Å². The summed E-state index contributed by atoms with van der Waals surface area (Å²) < 4.78 is 0. The molecule has 0 aliphatic heterocycles. The quantitative estimate of drug-likeness (QED) is 0.814. The zero-order valence-corrected chi connectivity index (χ0v) is 10.7. The van der Waals surface area contributed by atoms with E-state index in [1.807, 2.05) is 72.6 Å². The first kappa shape index (κ1) is 12.4. The number of hydrogen-bond donors (Lipinski definition) is 0. The highest BCUT2D eigenvalue weighted by molar-refractivity contribution is 5.86. The number of Topliss-reactive ketones (excluding diaryl/α,β-unsaturated/α-hetero) is 1. The Hall–Kier alpha value is -2.09. The minimum Gasteiger partial charge on any atom is -0.361 e. The lowest BCUT2D eigenvalue weighted by Gasteiger charge is -2.28. The Bertz CT molecular complexity index is 507. The molecule has 0 aliphatic rings. The van der Waals surface area contributed by atoms with Gasteiger partial charge >= 0.3 is 0 Å². The van der Waals surface area contributed by atoms with Crippen LogP contribution in [0.15, 0.2) is 60.7 Å². The van der Waals surface area contributed by atoms with Crippen LogP contribution in [0.2, 0.25) is 0 Å². The van der Waals surface area contributed by atoms with Gasteiger partial charge in [0.2, 0.25) is 0 Å². The summed E-state index contributed by atoms with van der Waals surface area (Å²) in [6.07, 6.45) is 0. The molecule has 0 aliphatic carbocycles. The monoisotopic (exact) mass is 239 g/mol. The van der Waals surface area contributed by atoms with Gasteiger partial charge in [0.1, 0.15) is 6.04 Å². The molecule has 0 aromatic heterocycles. The van der Waals surface area contributed by atoms with Crippen LogP contribution in [-0.4, -0.2) is 12.8 Å². The number of likely N-dealkylation sites (N-methyl/N-ethyl adjacent to an activating group) is 1. The molecule has 0 amide bonds. The molecule has 92 valence electrons. The third-order valence-electron chi connectivity index (χ3n) is 3.05. The molecule has 0 heterocycles. The molecule has 0 bridgehead atoms. The molecule has 0 radical (unpaired) electrons. The van der Waals surface area contributed by atoms with Gasteiger partial charge in [-0.2, -0.15) is 0 Å². The van der Waals surface area contributed by atoms with Gasteiger partial charge in [-0.1, -0.05) is 48.5 Å². The molecule has 18 heavy (non-hydrogen) atoms. The minimum absolute atomic E-state index is 0.146. The third-order valence-corrected chi connectivity index (χ3v) is 3.05. The van der Waals surface area contributed by atoms with Crippen LogP contribution >= 0.6 is 0 Å². The van der Waals surface area contributed by atoms with Gasteiger partial charge in [0, 0.05) is 12.7 Å². The van der Waals surface area contributed by atoms with Crippen molar-refractivity contribution in [3.8, 4) is 0 Å². The summed E-state index contributed by atoms with van der Waals surface area (Å²) in [6, 6.07) is 19.6. The van der Waals surface area contributed by atoms with E-state index in [0.29, 0.717) is 0 Å². The second-order valence-corrected chi connectivity index (χ2v) is 4.37. The summed E-state index contributed by atoms with van der Waals surface area (Å²) in [7, 11) is 1.95. The fourth-order valence-electron chi connectivity index (χ4n) is 2.18. The van der Waals surface area contributed by atoms with Crippen LogP contribution in [0.25, 0.3) is 0 Å². The van der Waals surface area contributed by atoms with Crippen molar-refractivity contribution in [1.29, 1.82) is 0 Å². The average Bonchev–Trinajstić information content (AvgIpc) is 2.40. The number of anilines is 1. The number of rotatable bonds is 4. The number of benzene rings is 2. The Morgan fingerprint density at radius 1 is 0.944 bits per heavy atom. The Morgan fingerprint density at radius 3 is 1.94 bits per heavy atom. The van der Waals surface area contributed by atoms with E-state index in [0.717, 1.165) is 11.3 Å². The van der Waals surface area contributed by atoms with Crippen LogP contribution in [0, 0.1) is 0 Å². The normalized spacial score (nSPS) is 11.9. The van der Waals surface area contributed by atoms with Crippen molar-refractivity contribution in [2.75, 3.05) is 11.9 Å². The number of ketones is 1. The zero-order valence-electron chi connectivity index (χ0n) is 10.7. The van der Waals surface area contributed by atoms with E-state index in [-0.39, 0.29) is 11.8 Å². The van der Waals surface area contributed by atoms with Gasteiger partial charge in [-0.25, -0.2) is 0 Å². The van der Waals surface area contributed by atoms with Crippen molar-refractivity contribution in [2.45, 2.75) is 13.0 Å². The first-order valence-electron chi connectivity index (χ1n) is 6.03. The smallest absolute Gasteiger partial charge is 0.156 e. The molecular formula is C16H17NO. The molecule has 2 aromatic carbocycles. The van der Waals surface area contributed by atoms with Crippen LogP contribution in [0.1, 0.15) is 18.5 Å². The Balaban J connectivity index is 2.35. The molecule has 1 unspecified atom stereocenters. The van der Waals surface area contributed by atoms with Crippen molar-refractivity contribution in [3.63, 3.8) is 0 Å². The number of carbonyl (C=O) groups is 1. The largest absolute Gasteiger partial charge is 0.361 e. The fourth-order valence-corrected chi connectivity index (χ4v) is 2.18. The van der Waals surface area contributed by atoms with E-state index >= 15 is 0 Å². The highest BCUT2D eigenvalue weighted by Crippen LogP contribution is 2.25. The van der Waals surface area contributed by atoms with Gasteiger partial charge in [0.05, 0.1) is 0 Å². The highest BCUT2D eigenvalue weighted by Gasteiger charge is 2.21. The minimum atomic E-state index is -0.228. The second kappa shape index (κ2) is 5.50. The van der Waals surface area contributed by atoms with E-state index < -0.39 is 0 Å². The summed E-state index contributed by atoms with van der Waals surface area (Å²) >= 11 is 0. The number of para-hydroxylation sites is 1. The molecule has 2 heteroatoms. The zero-order chi connectivity index (χ0) is 13.0. The molecule has 2 rings (SSSR count). The molecule has 0 spiro atoms. The maximum Gasteiger partial charge on any atom is 0.156 e. The van der Waals surface area contributed by atoms with Crippen molar-refractivity contribution >= 4 is 11.5 Å². The fraction of sp³-hybridized carbons (Fsp3) is 0.188. The highest BCUT2D eigenvalue weighted by atomic mass is 16.1. The lowest BCUT2D eigenvalue weighted by molar-refractivity contribution is -0.118. The Kier molecular flexibility index (Phi) is 3.78. The van der Waals surface area contributed by atoms with Crippen molar-refractivity contribution in [1.82, 2.24) is 0 Å². The second-order valence-electron chi connectivity index (χ2n) is 4.37. The molecule has 0 saturated heterocycles. The maximum absolute atomic E-state index is 11.9. The predicted octanol–water partition coefficient (Wildman–Crippen LogP) is 3.45. The maximum atomic E-state index is 11.9. The van der Waals surface area contributed by atoms with Gasteiger partial charge < -0.3 is 4.90 Å². The molecule has 0 fully saturated rings. The average molecular weight is 239 g/mol. The lowest BCUT2D eigenvalue weighted by atomic mass is 10.0. The van der Waals surface area contributed by atoms with Gasteiger partial charge in [-0.15, -0.1) is 0 Å². The predicted molar refractivity (Wildman–Crippen MR) is 74.7 cm³/mol. The molecule has 0 N–H and O–H groups in total.